The number of hydrogen-bond acceptors (Lipinski definition) is 3. The molecule has 0 amide bonds. The molecule has 0 spiro atoms. The first-order chi connectivity index (χ1) is 12.0. The fourth-order valence-corrected chi connectivity index (χ4v) is 3.42. The number of rotatable bonds is 6. The van der Waals surface area contributed by atoms with Gasteiger partial charge in [-0.15, -0.1) is 0 Å². The number of nitrogens with zero attached hydrogens (tertiary/aromatic N) is 2. The zero-order valence-electron chi connectivity index (χ0n) is 13.9. The van der Waals surface area contributed by atoms with Crippen LogP contribution in [0.2, 0.25) is 0 Å². The van der Waals surface area contributed by atoms with Gasteiger partial charge in [-0.25, -0.2) is 13.6 Å². The van der Waals surface area contributed by atoms with Gasteiger partial charge in [0.1, 0.15) is 11.6 Å². The number of halogens is 1. The highest BCUT2D eigenvalue weighted by atomic mass is 32.2. The van der Waals surface area contributed by atoms with Crippen LogP contribution in [-0.4, -0.2) is 18.3 Å². The Bertz CT molecular complexity index is 909. The van der Waals surface area contributed by atoms with E-state index in [9.17, 15) is 13.2 Å². The maximum Gasteiger partial charge on any atom is 0.157 e. The van der Waals surface area contributed by atoms with E-state index in [0.29, 0.717) is 13.0 Å². The van der Waals surface area contributed by atoms with E-state index in [-0.39, 0.29) is 17.6 Å². The summed E-state index contributed by atoms with van der Waals surface area (Å²) < 4.78 is 35.8. The molecule has 2 atom stereocenters. The van der Waals surface area contributed by atoms with E-state index < -0.39 is 11.1 Å². The maximum absolute atomic E-state index is 13.2. The molecule has 3 rings (SSSR count). The molecule has 1 heterocycles. The van der Waals surface area contributed by atoms with Crippen LogP contribution >= 0.6 is 0 Å². The smallest absolute Gasteiger partial charge is 0.157 e. The number of aromatic nitrogens is 2. The molecule has 3 aromatic rings. The Morgan fingerprint density at radius 2 is 2.00 bits per heavy atom. The molecular formula is C18H20FN3O2S. The molecule has 3 N–H and O–H groups in total. The van der Waals surface area contributed by atoms with Crippen LogP contribution in [0.3, 0.4) is 0 Å². The average molecular weight is 361 g/mol. The third-order valence-corrected chi connectivity index (χ3v) is 4.74. The minimum absolute atomic E-state index is 0.0211. The lowest BCUT2D eigenvalue weighted by Gasteiger charge is -2.15. The summed E-state index contributed by atoms with van der Waals surface area (Å²) in [7, 11) is 0. The van der Waals surface area contributed by atoms with Crippen molar-refractivity contribution in [1.82, 2.24) is 9.55 Å². The van der Waals surface area contributed by atoms with Crippen LogP contribution in [0.1, 0.15) is 36.3 Å². The lowest BCUT2D eigenvalue weighted by molar-refractivity contribution is 0.563. The normalized spacial score (nSPS) is 13.9. The van der Waals surface area contributed by atoms with Crippen molar-refractivity contribution in [2.24, 2.45) is 5.73 Å². The lowest BCUT2D eigenvalue weighted by atomic mass is 10.1. The van der Waals surface area contributed by atoms with Gasteiger partial charge in [-0.05, 0) is 35.7 Å². The lowest BCUT2D eigenvalue weighted by Crippen LogP contribution is -2.17. The molecule has 0 bridgehead atoms. The van der Waals surface area contributed by atoms with E-state index in [1.54, 1.807) is 12.1 Å². The molecular weight excluding hydrogens is 341 g/mol. The quantitative estimate of drug-likeness (QED) is 0.660. The topological polar surface area (TPSA) is 81.1 Å². The first-order valence-electron chi connectivity index (χ1n) is 8.05. The molecule has 0 aliphatic carbocycles. The van der Waals surface area contributed by atoms with Crippen molar-refractivity contribution in [2.75, 3.05) is 0 Å². The van der Waals surface area contributed by atoms with Crippen LogP contribution in [0.15, 0.2) is 42.5 Å². The Morgan fingerprint density at radius 3 is 2.64 bits per heavy atom. The predicted octanol–water partition coefficient (Wildman–Crippen LogP) is 3.36. The van der Waals surface area contributed by atoms with E-state index in [0.717, 1.165) is 28.0 Å². The van der Waals surface area contributed by atoms with Crippen molar-refractivity contribution in [3.05, 3.63) is 65.2 Å². The van der Waals surface area contributed by atoms with Crippen LogP contribution in [0.25, 0.3) is 11.0 Å². The van der Waals surface area contributed by atoms with Crippen molar-refractivity contribution in [3.8, 4) is 0 Å². The third kappa shape index (κ3) is 3.78. The molecule has 7 heteroatoms. The molecule has 1 unspecified atom stereocenters. The minimum atomic E-state index is -1.96. The second kappa shape index (κ2) is 7.43. The summed E-state index contributed by atoms with van der Waals surface area (Å²) in [5.74, 6) is 0.451. The Morgan fingerprint density at radius 1 is 1.28 bits per heavy atom. The molecule has 1 aromatic heterocycles. The van der Waals surface area contributed by atoms with E-state index in [1.807, 2.05) is 29.7 Å². The minimum Gasteiger partial charge on any atom is -0.322 e. The molecule has 0 fully saturated rings. The fourth-order valence-electron chi connectivity index (χ4n) is 2.93. The summed E-state index contributed by atoms with van der Waals surface area (Å²) in [5, 5.41) is 0. The average Bonchev–Trinajstić information content (AvgIpc) is 2.95. The molecule has 132 valence electrons. The van der Waals surface area contributed by atoms with E-state index >= 15 is 0 Å². The summed E-state index contributed by atoms with van der Waals surface area (Å²) in [6, 6.07) is 11.5. The summed E-state index contributed by atoms with van der Waals surface area (Å²) in [5.41, 5.74) is 9.42. The zero-order chi connectivity index (χ0) is 18.0. The van der Waals surface area contributed by atoms with E-state index in [4.69, 9.17) is 5.73 Å². The first-order valence-corrected chi connectivity index (χ1v) is 9.32. The van der Waals surface area contributed by atoms with Gasteiger partial charge >= 0.3 is 0 Å². The van der Waals surface area contributed by atoms with Crippen molar-refractivity contribution in [3.63, 3.8) is 0 Å². The monoisotopic (exact) mass is 361 g/mol. The highest BCUT2D eigenvalue weighted by Crippen LogP contribution is 2.26. The zero-order valence-corrected chi connectivity index (χ0v) is 14.7. The largest absolute Gasteiger partial charge is 0.322 e. The SMILES string of the molecule is CC[C@H](N)c1nc2cccc(CS(=O)O)c2n1Cc1ccc(F)cc1. The van der Waals surface area contributed by atoms with Crippen LogP contribution < -0.4 is 5.73 Å². The van der Waals surface area contributed by atoms with Crippen LogP contribution in [0.4, 0.5) is 4.39 Å². The third-order valence-electron chi connectivity index (χ3n) is 4.18. The molecule has 0 saturated heterocycles. The van der Waals surface area contributed by atoms with Crippen LogP contribution in [0, 0.1) is 5.82 Å². The Kier molecular flexibility index (Phi) is 5.27. The maximum atomic E-state index is 13.2. The van der Waals surface area contributed by atoms with Gasteiger partial charge in [0.2, 0.25) is 0 Å². The number of fused-ring (bicyclic) bond motifs is 1. The molecule has 2 aromatic carbocycles. The van der Waals surface area contributed by atoms with Gasteiger partial charge < -0.3 is 14.9 Å². The standard InChI is InChI=1S/C18H20FN3O2S/c1-2-15(20)18-21-16-5-3-4-13(11-25(23)24)17(16)22(18)10-12-6-8-14(19)9-7-12/h3-9,15H,2,10-11,20H2,1H3,(H,23,24)/t15-/m0/s1. The van der Waals surface area contributed by atoms with Crippen molar-refractivity contribution >= 4 is 22.1 Å². The van der Waals surface area contributed by atoms with Gasteiger partial charge in [0.05, 0.1) is 22.8 Å². The summed E-state index contributed by atoms with van der Waals surface area (Å²) in [6.07, 6.45) is 0.716. The van der Waals surface area contributed by atoms with Gasteiger partial charge in [-0.3, -0.25) is 0 Å². The van der Waals surface area contributed by atoms with Gasteiger partial charge in [0, 0.05) is 6.54 Å². The van der Waals surface area contributed by atoms with Gasteiger partial charge in [0.25, 0.3) is 0 Å². The van der Waals surface area contributed by atoms with Gasteiger partial charge in [0.15, 0.2) is 11.1 Å². The number of nitrogens with two attached hydrogens (primary N) is 1. The van der Waals surface area contributed by atoms with Gasteiger partial charge in [-0.1, -0.05) is 31.2 Å². The molecule has 0 saturated carbocycles. The number of benzene rings is 2. The highest BCUT2D eigenvalue weighted by molar-refractivity contribution is 7.78. The van der Waals surface area contributed by atoms with Crippen molar-refractivity contribution < 1.29 is 13.2 Å². The Balaban J connectivity index is 2.17. The van der Waals surface area contributed by atoms with Gasteiger partial charge in [-0.2, -0.15) is 0 Å². The van der Waals surface area contributed by atoms with Crippen molar-refractivity contribution in [2.45, 2.75) is 31.7 Å². The second-order valence-electron chi connectivity index (χ2n) is 5.95. The molecule has 0 aliphatic rings. The summed E-state index contributed by atoms with van der Waals surface area (Å²) in [6.45, 7) is 2.45. The molecule has 25 heavy (non-hydrogen) atoms. The van der Waals surface area contributed by atoms with E-state index in [1.165, 1.54) is 12.1 Å². The molecule has 0 radical (unpaired) electrons. The van der Waals surface area contributed by atoms with Crippen LogP contribution in [0.5, 0.6) is 0 Å². The first kappa shape index (κ1) is 17.7. The molecule has 5 nitrogen and oxygen atoms in total. The number of imidazole rings is 1. The Labute approximate surface area is 148 Å². The van der Waals surface area contributed by atoms with Crippen LogP contribution in [-0.2, 0) is 23.4 Å². The summed E-state index contributed by atoms with van der Waals surface area (Å²) >= 11 is -1.96. The van der Waals surface area contributed by atoms with Crippen molar-refractivity contribution in [1.29, 1.82) is 0 Å². The van der Waals surface area contributed by atoms with E-state index in [2.05, 4.69) is 4.98 Å². The number of hydrogen-bond donors (Lipinski definition) is 2. The number of para-hydroxylation sites is 1. The highest BCUT2D eigenvalue weighted by Gasteiger charge is 2.19. The summed E-state index contributed by atoms with van der Waals surface area (Å²) in [4.78, 5) is 4.65. The molecule has 0 aliphatic heterocycles. The Hall–Kier alpha value is -2.09. The second-order valence-corrected chi connectivity index (χ2v) is 6.88. The predicted molar refractivity (Wildman–Crippen MR) is 96.9 cm³/mol. The fraction of sp³-hybridized carbons (Fsp3) is 0.278.